The van der Waals surface area contributed by atoms with Gasteiger partial charge in [-0.2, -0.15) is 0 Å². The molecule has 0 saturated heterocycles. The molecule has 152 valence electrons. The predicted molar refractivity (Wildman–Crippen MR) is 124 cm³/mol. The van der Waals surface area contributed by atoms with Crippen LogP contribution in [0.15, 0.2) is 69.9 Å². The first-order chi connectivity index (χ1) is 14.5. The van der Waals surface area contributed by atoms with Gasteiger partial charge in [-0.1, -0.05) is 53.2 Å². The van der Waals surface area contributed by atoms with Gasteiger partial charge in [0.05, 0.1) is 17.0 Å². The molecule has 0 aliphatic heterocycles. The van der Waals surface area contributed by atoms with Gasteiger partial charge in [0, 0.05) is 16.6 Å². The third kappa shape index (κ3) is 4.54. The quantitative estimate of drug-likeness (QED) is 0.308. The number of hydrogen-bond acceptors (Lipinski definition) is 5. The van der Waals surface area contributed by atoms with Crippen molar-refractivity contribution in [2.24, 2.45) is 0 Å². The Labute approximate surface area is 190 Å². The molecule has 2 aromatic carbocycles. The molecule has 2 aromatic heterocycles. The van der Waals surface area contributed by atoms with Crippen molar-refractivity contribution < 1.29 is 4.79 Å². The largest absolute Gasteiger partial charge is 0.351 e. The zero-order valence-electron chi connectivity index (χ0n) is 15.5. The predicted octanol–water partition coefficient (Wildman–Crippen LogP) is 5.16. The highest BCUT2D eigenvalue weighted by Gasteiger charge is 2.16. The van der Waals surface area contributed by atoms with Crippen molar-refractivity contribution in [3.8, 4) is 5.69 Å². The smallest absolute Gasteiger partial charge is 0.276 e. The number of nitrogens with zero attached hydrogens (tertiary/aromatic N) is 2. The minimum Gasteiger partial charge on any atom is -0.351 e. The Morgan fingerprint density at radius 1 is 1.10 bits per heavy atom. The highest BCUT2D eigenvalue weighted by Crippen LogP contribution is 2.24. The van der Waals surface area contributed by atoms with Crippen molar-refractivity contribution >= 4 is 62.4 Å². The molecule has 0 radical (unpaired) electrons. The molecule has 0 spiro atoms. The molecule has 0 unspecified atom stereocenters. The van der Waals surface area contributed by atoms with Crippen LogP contribution < -0.4 is 10.9 Å². The first-order valence-corrected chi connectivity index (χ1v) is 11.5. The van der Waals surface area contributed by atoms with E-state index in [0.717, 1.165) is 5.56 Å². The van der Waals surface area contributed by atoms with Gasteiger partial charge in [-0.25, -0.2) is 4.98 Å². The lowest BCUT2D eigenvalue weighted by Gasteiger charge is -2.12. The second-order valence-electron chi connectivity index (χ2n) is 6.30. The Morgan fingerprint density at radius 2 is 1.87 bits per heavy atom. The summed E-state index contributed by atoms with van der Waals surface area (Å²) in [5.74, 6) is -0.0672. The maximum atomic E-state index is 13.1. The van der Waals surface area contributed by atoms with Crippen LogP contribution in [-0.2, 0) is 11.3 Å². The molecule has 0 bridgehead atoms. The number of amides is 1. The summed E-state index contributed by atoms with van der Waals surface area (Å²) in [4.78, 5) is 30.0. The molecule has 0 aliphatic rings. The van der Waals surface area contributed by atoms with Gasteiger partial charge in [-0.15, -0.1) is 11.3 Å². The topological polar surface area (TPSA) is 64.0 Å². The summed E-state index contributed by atoms with van der Waals surface area (Å²) in [7, 11) is 0. The number of carbonyl (C=O) groups excluding carboxylic acids is 1. The number of fused-ring (bicyclic) bond motifs is 1. The maximum absolute atomic E-state index is 13.1. The Balaban J connectivity index is 1.56. The molecule has 9 heteroatoms. The first kappa shape index (κ1) is 20.9. The number of carbonyl (C=O) groups is 1. The molecule has 30 heavy (non-hydrogen) atoms. The first-order valence-electron chi connectivity index (χ1n) is 8.92. The number of benzene rings is 2. The van der Waals surface area contributed by atoms with E-state index in [4.69, 9.17) is 23.2 Å². The summed E-state index contributed by atoms with van der Waals surface area (Å²) in [6.45, 7) is 0.333. The number of aromatic nitrogens is 2. The molecule has 0 atom stereocenters. The number of thiophene rings is 1. The average Bonchev–Trinajstić information content (AvgIpc) is 3.22. The van der Waals surface area contributed by atoms with E-state index in [-0.39, 0.29) is 17.2 Å². The van der Waals surface area contributed by atoms with Crippen molar-refractivity contribution in [3.05, 3.63) is 85.9 Å². The van der Waals surface area contributed by atoms with Crippen LogP contribution >= 0.6 is 46.3 Å². The molecule has 4 rings (SSSR count). The van der Waals surface area contributed by atoms with Crippen LogP contribution in [0.5, 0.6) is 0 Å². The monoisotopic (exact) mass is 475 g/mol. The third-order valence-corrected chi connectivity index (χ3v) is 6.75. The Kier molecular flexibility index (Phi) is 6.43. The average molecular weight is 476 g/mol. The highest BCUT2D eigenvalue weighted by molar-refractivity contribution is 7.99. The van der Waals surface area contributed by atoms with E-state index < -0.39 is 0 Å². The Morgan fingerprint density at radius 3 is 2.63 bits per heavy atom. The second-order valence-corrected chi connectivity index (χ2v) is 9.01. The van der Waals surface area contributed by atoms with Gasteiger partial charge in [-0.05, 0) is 47.3 Å². The number of halogens is 2. The van der Waals surface area contributed by atoms with E-state index in [9.17, 15) is 9.59 Å². The van der Waals surface area contributed by atoms with Crippen LogP contribution in [0.1, 0.15) is 5.56 Å². The van der Waals surface area contributed by atoms with Gasteiger partial charge in [0.1, 0.15) is 4.70 Å². The summed E-state index contributed by atoms with van der Waals surface area (Å²) < 4.78 is 2.08. The van der Waals surface area contributed by atoms with Gasteiger partial charge >= 0.3 is 0 Å². The number of hydrogen-bond donors (Lipinski definition) is 1. The van der Waals surface area contributed by atoms with E-state index in [1.54, 1.807) is 36.4 Å². The lowest BCUT2D eigenvalue weighted by molar-refractivity contribution is -0.118. The summed E-state index contributed by atoms with van der Waals surface area (Å²) >= 11 is 14.7. The Hall–Kier alpha value is -2.32. The van der Waals surface area contributed by atoms with Crippen LogP contribution in [0.3, 0.4) is 0 Å². The highest BCUT2D eigenvalue weighted by atomic mass is 35.5. The zero-order valence-corrected chi connectivity index (χ0v) is 18.6. The van der Waals surface area contributed by atoms with Gasteiger partial charge in [0.25, 0.3) is 5.56 Å². The van der Waals surface area contributed by atoms with Crippen molar-refractivity contribution in [1.29, 1.82) is 0 Å². The lowest BCUT2D eigenvalue weighted by atomic mass is 10.2. The van der Waals surface area contributed by atoms with Gasteiger partial charge in [0.15, 0.2) is 5.16 Å². The fourth-order valence-electron chi connectivity index (χ4n) is 2.82. The molecule has 1 amide bonds. The number of thioether (sulfide) groups is 1. The van der Waals surface area contributed by atoms with E-state index >= 15 is 0 Å². The van der Waals surface area contributed by atoms with Crippen molar-refractivity contribution in [2.75, 3.05) is 5.75 Å². The number of nitrogens with one attached hydrogen (secondary N) is 1. The third-order valence-electron chi connectivity index (χ3n) is 4.30. The standard InChI is InChI=1S/C21H15Cl2N3O2S2/c22-14-5-7-15(8-6-14)26-20(28)19-17(9-10-29-19)25-21(26)30-12-18(27)24-11-13-3-1-2-4-16(13)23/h1-10H,11-12H2,(H,24,27). The minimum absolute atomic E-state index is 0.111. The molecule has 0 saturated carbocycles. The Bertz CT molecular complexity index is 1270. The summed E-state index contributed by atoms with van der Waals surface area (Å²) in [5.41, 5.74) is 1.94. The van der Waals surface area contributed by atoms with Gasteiger partial charge < -0.3 is 5.32 Å². The second kappa shape index (κ2) is 9.22. The fraction of sp³-hybridized carbons (Fsp3) is 0.0952. The van der Waals surface area contributed by atoms with Crippen molar-refractivity contribution in [3.63, 3.8) is 0 Å². The molecule has 2 heterocycles. The minimum atomic E-state index is -0.178. The molecular weight excluding hydrogens is 461 g/mol. The zero-order chi connectivity index (χ0) is 21.1. The summed E-state index contributed by atoms with van der Waals surface area (Å²) in [5, 5.41) is 6.30. The molecule has 4 aromatic rings. The SMILES string of the molecule is O=C(CSc1nc2ccsc2c(=O)n1-c1ccc(Cl)cc1)NCc1ccccc1Cl. The normalized spacial score (nSPS) is 11.0. The van der Waals surface area contributed by atoms with Crippen LogP contribution in [0.25, 0.3) is 15.9 Å². The lowest BCUT2D eigenvalue weighted by Crippen LogP contribution is -2.26. The van der Waals surface area contributed by atoms with Gasteiger partial charge in [-0.3, -0.25) is 14.2 Å². The van der Waals surface area contributed by atoms with Crippen LogP contribution in [0.2, 0.25) is 10.0 Å². The molecule has 0 aliphatic carbocycles. The molecule has 1 N–H and O–H groups in total. The summed E-state index contributed by atoms with van der Waals surface area (Å²) in [6, 6.07) is 16.1. The molecule has 0 fully saturated rings. The van der Waals surface area contributed by atoms with E-state index in [2.05, 4.69) is 10.3 Å². The van der Waals surface area contributed by atoms with Gasteiger partial charge in [0.2, 0.25) is 5.91 Å². The van der Waals surface area contributed by atoms with Crippen molar-refractivity contribution in [2.45, 2.75) is 11.7 Å². The van der Waals surface area contributed by atoms with E-state index in [0.29, 0.717) is 37.7 Å². The van der Waals surface area contributed by atoms with E-state index in [1.165, 1.54) is 27.7 Å². The maximum Gasteiger partial charge on any atom is 0.276 e. The van der Waals surface area contributed by atoms with E-state index in [1.807, 2.05) is 23.6 Å². The van der Waals surface area contributed by atoms with Crippen molar-refractivity contribution in [1.82, 2.24) is 14.9 Å². The molecule has 5 nitrogen and oxygen atoms in total. The van der Waals surface area contributed by atoms with Crippen LogP contribution in [-0.4, -0.2) is 21.2 Å². The number of rotatable bonds is 6. The fourth-order valence-corrected chi connectivity index (χ4v) is 4.75. The molecular formula is C21H15Cl2N3O2S2. The summed E-state index contributed by atoms with van der Waals surface area (Å²) in [6.07, 6.45) is 0. The van der Waals surface area contributed by atoms with Crippen LogP contribution in [0, 0.1) is 0 Å². The van der Waals surface area contributed by atoms with Crippen LogP contribution in [0.4, 0.5) is 0 Å².